The van der Waals surface area contributed by atoms with Crippen molar-refractivity contribution in [3.8, 4) is 0 Å². The smallest absolute Gasteiger partial charge is 0.239 e. The van der Waals surface area contributed by atoms with Crippen LogP contribution in [0.25, 0.3) is 0 Å². The molecule has 3 aliphatic rings. The summed E-state index contributed by atoms with van der Waals surface area (Å²) in [6, 6.07) is 17.9. The quantitative estimate of drug-likeness (QED) is 0.758. The zero-order valence-corrected chi connectivity index (χ0v) is 14.2. The number of hydrazine groups is 1. The minimum atomic E-state index is -0.811. The van der Waals surface area contributed by atoms with Crippen molar-refractivity contribution in [3.05, 3.63) is 65.7 Å². The number of rotatable bonds is 2. The van der Waals surface area contributed by atoms with Crippen LogP contribution in [0.4, 0.5) is 5.69 Å². The molecule has 2 aromatic carbocycles. The van der Waals surface area contributed by atoms with Crippen LogP contribution in [0.3, 0.4) is 0 Å². The summed E-state index contributed by atoms with van der Waals surface area (Å²) >= 11 is 0. The molecule has 6 nitrogen and oxygen atoms in total. The van der Waals surface area contributed by atoms with E-state index in [0.717, 1.165) is 16.8 Å². The first-order valence-corrected chi connectivity index (χ1v) is 8.93. The average Bonchev–Trinajstić information content (AvgIpc) is 3.21. The Labute approximate surface area is 151 Å². The Bertz CT molecular complexity index is 884. The van der Waals surface area contributed by atoms with Crippen LogP contribution >= 0.6 is 0 Å². The molecule has 6 heteroatoms. The summed E-state index contributed by atoms with van der Waals surface area (Å²) in [4.78, 5) is 28.0. The van der Waals surface area contributed by atoms with E-state index in [1.807, 2.05) is 59.5 Å². The van der Waals surface area contributed by atoms with Gasteiger partial charge in [0.25, 0.3) is 0 Å². The molecule has 0 aliphatic carbocycles. The number of piperidine rings is 1. The number of hydrogen-bond acceptors (Lipinski definition) is 4. The third-order valence-electron chi connectivity index (χ3n) is 5.86. The van der Waals surface area contributed by atoms with Crippen molar-refractivity contribution in [1.82, 2.24) is 16.2 Å². The zero-order chi connectivity index (χ0) is 17.7. The molecule has 1 spiro atoms. The van der Waals surface area contributed by atoms with Crippen molar-refractivity contribution in [3.63, 3.8) is 0 Å². The molecule has 3 unspecified atom stereocenters. The molecule has 0 bridgehead atoms. The fraction of sp³-hybridized carbons (Fsp3) is 0.300. The van der Waals surface area contributed by atoms with Gasteiger partial charge >= 0.3 is 0 Å². The van der Waals surface area contributed by atoms with Crippen molar-refractivity contribution in [2.75, 3.05) is 11.4 Å². The minimum absolute atomic E-state index is 0.0189. The lowest BCUT2D eigenvalue weighted by atomic mass is 9.65. The normalized spacial score (nSPS) is 29.6. The molecule has 0 saturated carbocycles. The molecule has 2 fully saturated rings. The van der Waals surface area contributed by atoms with Crippen LogP contribution in [0.2, 0.25) is 0 Å². The number of nitrogens with zero attached hydrogens (tertiary/aromatic N) is 1. The van der Waals surface area contributed by atoms with Gasteiger partial charge in [-0.05, 0) is 17.2 Å². The predicted octanol–water partition coefficient (Wildman–Crippen LogP) is 1.04. The molecule has 5 rings (SSSR count). The Balaban J connectivity index is 1.63. The van der Waals surface area contributed by atoms with Gasteiger partial charge < -0.3 is 10.2 Å². The summed E-state index contributed by atoms with van der Waals surface area (Å²) in [5, 5.41) is 2.96. The van der Waals surface area contributed by atoms with Crippen molar-refractivity contribution < 1.29 is 9.59 Å². The highest BCUT2D eigenvalue weighted by atomic mass is 16.2. The molecule has 2 saturated heterocycles. The summed E-state index contributed by atoms with van der Waals surface area (Å²) < 4.78 is 0. The number of amides is 2. The van der Waals surface area contributed by atoms with Gasteiger partial charge in [0, 0.05) is 24.6 Å². The van der Waals surface area contributed by atoms with Gasteiger partial charge in [0.05, 0.1) is 18.1 Å². The first-order valence-electron chi connectivity index (χ1n) is 8.93. The lowest BCUT2D eigenvalue weighted by Gasteiger charge is -2.40. The Kier molecular flexibility index (Phi) is 3.38. The number of carbonyl (C=O) groups excluding carboxylic acids is 2. The maximum absolute atomic E-state index is 13.7. The van der Waals surface area contributed by atoms with Crippen molar-refractivity contribution in [1.29, 1.82) is 0 Å². The van der Waals surface area contributed by atoms with Gasteiger partial charge in [-0.15, -0.1) is 0 Å². The van der Waals surface area contributed by atoms with Crippen LogP contribution in [0.5, 0.6) is 0 Å². The van der Waals surface area contributed by atoms with Gasteiger partial charge in [0.2, 0.25) is 11.8 Å². The van der Waals surface area contributed by atoms with Crippen LogP contribution in [-0.2, 0) is 21.5 Å². The Morgan fingerprint density at radius 3 is 2.65 bits per heavy atom. The number of anilines is 1. The zero-order valence-electron chi connectivity index (χ0n) is 14.2. The maximum Gasteiger partial charge on any atom is 0.239 e. The van der Waals surface area contributed by atoms with E-state index in [1.54, 1.807) is 0 Å². The molecule has 2 amide bonds. The second kappa shape index (κ2) is 5.65. The highest BCUT2D eigenvalue weighted by Crippen LogP contribution is 2.51. The second-order valence-corrected chi connectivity index (χ2v) is 7.22. The summed E-state index contributed by atoms with van der Waals surface area (Å²) in [5.41, 5.74) is 8.37. The van der Waals surface area contributed by atoms with Gasteiger partial charge in [-0.3, -0.25) is 15.0 Å². The van der Waals surface area contributed by atoms with Crippen molar-refractivity contribution in [2.45, 2.75) is 24.5 Å². The number of hydrogen-bond donors (Lipinski definition) is 3. The third kappa shape index (κ3) is 2.06. The molecule has 3 N–H and O–H groups in total. The molecule has 3 atom stereocenters. The van der Waals surface area contributed by atoms with E-state index in [9.17, 15) is 9.59 Å². The van der Waals surface area contributed by atoms with Crippen LogP contribution in [-0.4, -0.2) is 24.5 Å². The SMILES string of the molecule is O=C1CC2(C(=O)N(Cc3ccccc3)c3ccccc32)C2CNNC2N1. The molecule has 3 aliphatic heterocycles. The topological polar surface area (TPSA) is 73.5 Å². The van der Waals surface area contributed by atoms with Gasteiger partial charge in [0.15, 0.2) is 0 Å². The molecule has 132 valence electrons. The Morgan fingerprint density at radius 1 is 1.04 bits per heavy atom. The number of benzene rings is 2. The fourth-order valence-corrected chi connectivity index (χ4v) is 4.71. The molecule has 2 aromatic rings. The highest BCUT2D eigenvalue weighted by Gasteiger charge is 2.61. The highest BCUT2D eigenvalue weighted by molar-refractivity contribution is 6.10. The van der Waals surface area contributed by atoms with Crippen LogP contribution in [0, 0.1) is 5.92 Å². The minimum Gasteiger partial charge on any atom is -0.339 e. The van der Waals surface area contributed by atoms with Gasteiger partial charge in [-0.25, -0.2) is 5.43 Å². The maximum atomic E-state index is 13.7. The standard InChI is InChI=1S/C20H20N4O2/c25-17-10-20(15-11-21-23-18(15)22-17)14-8-4-5-9-16(14)24(19(20)26)12-13-6-2-1-3-7-13/h1-9,15,18,21,23H,10-12H2,(H,22,25). The number of para-hydroxylation sites is 1. The van der Waals surface area contributed by atoms with Crippen LogP contribution < -0.4 is 21.1 Å². The van der Waals surface area contributed by atoms with E-state index < -0.39 is 5.41 Å². The number of carbonyl (C=O) groups is 2. The second-order valence-electron chi connectivity index (χ2n) is 7.22. The van der Waals surface area contributed by atoms with E-state index in [0.29, 0.717) is 13.1 Å². The summed E-state index contributed by atoms with van der Waals surface area (Å²) in [6.45, 7) is 1.16. The summed E-state index contributed by atoms with van der Waals surface area (Å²) in [5.74, 6) is -0.0836. The Hall–Kier alpha value is -2.70. The van der Waals surface area contributed by atoms with Gasteiger partial charge in [-0.2, -0.15) is 0 Å². The van der Waals surface area contributed by atoms with Crippen LogP contribution in [0.15, 0.2) is 54.6 Å². The number of nitrogens with one attached hydrogen (secondary N) is 3. The molecule has 0 aromatic heterocycles. The van der Waals surface area contributed by atoms with E-state index in [1.165, 1.54) is 0 Å². The van der Waals surface area contributed by atoms with Crippen molar-refractivity contribution >= 4 is 17.5 Å². The van der Waals surface area contributed by atoms with E-state index in [2.05, 4.69) is 16.2 Å². The first kappa shape index (κ1) is 15.5. The summed E-state index contributed by atoms with van der Waals surface area (Å²) in [7, 11) is 0. The van der Waals surface area contributed by atoms with E-state index in [-0.39, 0.29) is 30.3 Å². The predicted molar refractivity (Wildman–Crippen MR) is 96.9 cm³/mol. The average molecular weight is 348 g/mol. The largest absolute Gasteiger partial charge is 0.339 e. The molecular formula is C20H20N4O2. The first-order chi connectivity index (χ1) is 12.7. The monoisotopic (exact) mass is 348 g/mol. The van der Waals surface area contributed by atoms with Crippen molar-refractivity contribution in [2.24, 2.45) is 5.92 Å². The van der Waals surface area contributed by atoms with E-state index in [4.69, 9.17) is 0 Å². The molecule has 26 heavy (non-hydrogen) atoms. The molecule has 3 heterocycles. The van der Waals surface area contributed by atoms with Gasteiger partial charge in [0.1, 0.15) is 0 Å². The molecule has 0 radical (unpaired) electrons. The van der Waals surface area contributed by atoms with Gasteiger partial charge in [-0.1, -0.05) is 48.5 Å². The lowest BCUT2D eigenvalue weighted by Crippen LogP contribution is -2.62. The van der Waals surface area contributed by atoms with E-state index >= 15 is 0 Å². The fourth-order valence-electron chi connectivity index (χ4n) is 4.71. The molecular weight excluding hydrogens is 328 g/mol. The van der Waals surface area contributed by atoms with Crippen LogP contribution in [0.1, 0.15) is 17.5 Å². The Morgan fingerprint density at radius 2 is 1.81 bits per heavy atom. The number of fused-ring (bicyclic) bond motifs is 4. The lowest BCUT2D eigenvalue weighted by molar-refractivity contribution is -0.136. The summed E-state index contributed by atoms with van der Waals surface area (Å²) in [6.07, 6.45) is -0.0384. The third-order valence-corrected chi connectivity index (χ3v) is 5.86.